The van der Waals surface area contributed by atoms with Gasteiger partial charge in [0, 0.05) is 10.9 Å². The monoisotopic (exact) mass is 299 g/mol. The van der Waals surface area contributed by atoms with Gasteiger partial charge in [-0.3, -0.25) is 0 Å². The summed E-state index contributed by atoms with van der Waals surface area (Å²) in [6, 6.07) is 12.1. The number of benzene rings is 1. The quantitative estimate of drug-likeness (QED) is 0.750. The van der Waals surface area contributed by atoms with E-state index in [9.17, 15) is 0 Å². The molecule has 0 saturated carbocycles. The molecule has 108 valence electrons. The zero-order chi connectivity index (χ0) is 14.5. The van der Waals surface area contributed by atoms with Gasteiger partial charge in [0.2, 0.25) is 11.8 Å². The van der Waals surface area contributed by atoms with Crippen LogP contribution < -0.4 is 5.32 Å². The minimum Gasteiger partial charge on any atom is -0.419 e. The largest absolute Gasteiger partial charge is 0.419 e. The molecule has 3 aromatic rings. The Labute approximate surface area is 127 Å². The number of hydrogen-bond acceptors (Lipinski definition) is 5. The molecule has 2 aromatic heterocycles. The van der Waals surface area contributed by atoms with E-state index >= 15 is 0 Å². The Hall–Kier alpha value is -1.98. The van der Waals surface area contributed by atoms with Crippen molar-refractivity contribution in [3.05, 3.63) is 58.6 Å². The van der Waals surface area contributed by atoms with Crippen molar-refractivity contribution in [2.24, 2.45) is 0 Å². The van der Waals surface area contributed by atoms with Crippen molar-refractivity contribution in [2.75, 3.05) is 6.54 Å². The van der Waals surface area contributed by atoms with Crippen molar-refractivity contribution in [2.45, 2.75) is 19.4 Å². The van der Waals surface area contributed by atoms with Gasteiger partial charge in [0.15, 0.2) is 0 Å². The van der Waals surface area contributed by atoms with Crippen molar-refractivity contribution in [3.8, 4) is 11.5 Å². The Morgan fingerprint density at radius 2 is 2.05 bits per heavy atom. The number of nitrogens with zero attached hydrogens (tertiary/aromatic N) is 2. The highest BCUT2D eigenvalue weighted by molar-refractivity contribution is 7.08. The summed E-state index contributed by atoms with van der Waals surface area (Å²) in [6.45, 7) is 3.04. The summed E-state index contributed by atoms with van der Waals surface area (Å²) in [5.74, 6) is 1.18. The molecule has 0 amide bonds. The minimum atomic E-state index is -0.0639. The van der Waals surface area contributed by atoms with Crippen LogP contribution in [0.5, 0.6) is 0 Å². The second kappa shape index (κ2) is 6.65. The first-order valence-electron chi connectivity index (χ1n) is 7.02. The molecule has 0 spiro atoms. The van der Waals surface area contributed by atoms with E-state index in [1.807, 2.05) is 35.0 Å². The number of thiophene rings is 1. The standard InChI is InChI=1S/C16H17N3OS/c1-2-9-17-14(12-6-4-3-5-7-12)16-19-18-15(20-16)13-8-10-21-11-13/h3-8,10-11,14,17H,2,9H2,1H3. The third-order valence-corrected chi connectivity index (χ3v) is 3.87. The van der Waals surface area contributed by atoms with Crippen LogP contribution in [-0.2, 0) is 0 Å². The zero-order valence-corrected chi connectivity index (χ0v) is 12.6. The first-order valence-corrected chi connectivity index (χ1v) is 7.97. The van der Waals surface area contributed by atoms with Gasteiger partial charge in [0.1, 0.15) is 6.04 Å². The van der Waals surface area contributed by atoms with Gasteiger partial charge in [-0.25, -0.2) is 0 Å². The molecule has 21 heavy (non-hydrogen) atoms. The highest BCUT2D eigenvalue weighted by Crippen LogP contribution is 2.26. The molecule has 0 aliphatic carbocycles. The SMILES string of the molecule is CCCNC(c1ccccc1)c1nnc(-c2ccsc2)o1. The molecule has 3 rings (SSSR count). The summed E-state index contributed by atoms with van der Waals surface area (Å²) in [5.41, 5.74) is 2.10. The second-order valence-electron chi connectivity index (χ2n) is 4.76. The van der Waals surface area contributed by atoms with Crippen LogP contribution in [0, 0.1) is 0 Å². The summed E-state index contributed by atoms with van der Waals surface area (Å²) in [5, 5.41) is 15.9. The van der Waals surface area contributed by atoms with Crippen molar-refractivity contribution in [3.63, 3.8) is 0 Å². The number of aromatic nitrogens is 2. The maximum Gasteiger partial charge on any atom is 0.248 e. The van der Waals surface area contributed by atoms with E-state index in [1.54, 1.807) is 11.3 Å². The van der Waals surface area contributed by atoms with Crippen molar-refractivity contribution >= 4 is 11.3 Å². The summed E-state index contributed by atoms with van der Waals surface area (Å²) >= 11 is 1.62. The van der Waals surface area contributed by atoms with Gasteiger partial charge in [-0.15, -0.1) is 10.2 Å². The Bertz CT molecular complexity index is 664. The predicted molar refractivity (Wildman–Crippen MR) is 84.2 cm³/mol. The molecule has 1 atom stereocenters. The Kier molecular flexibility index (Phi) is 4.43. The molecule has 1 N–H and O–H groups in total. The molecule has 0 bridgehead atoms. The lowest BCUT2D eigenvalue weighted by atomic mass is 10.1. The van der Waals surface area contributed by atoms with E-state index in [2.05, 4.69) is 34.6 Å². The molecule has 1 aromatic carbocycles. The highest BCUT2D eigenvalue weighted by atomic mass is 32.1. The smallest absolute Gasteiger partial charge is 0.248 e. The minimum absolute atomic E-state index is 0.0639. The average molecular weight is 299 g/mol. The molecule has 0 aliphatic heterocycles. The van der Waals surface area contributed by atoms with Crippen LogP contribution in [0.15, 0.2) is 51.6 Å². The Balaban J connectivity index is 1.90. The van der Waals surface area contributed by atoms with Crippen LogP contribution >= 0.6 is 11.3 Å². The van der Waals surface area contributed by atoms with E-state index < -0.39 is 0 Å². The molecule has 0 fully saturated rings. The molecular formula is C16H17N3OS. The average Bonchev–Trinajstić information content (AvgIpc) is 3.20. The lowest BCUT2D eigenvalue weighted by Gasteiger charge is -2.14. The van der Waals surface area contributed by atoms with E-state index in [0.29, 0.717) is 11.8 Å². The van der Waals surface area contributed by atoms with Gasteiger partial charge in [-0.05, 0) is 30.0 Å². The first kappa shape index (κ1) is 14.0. The number of nitrogens with one attached hydrogen (secondary N) is 1. The van der Waals surface area contributed by atoms with Crippen molar-refractivity contribution in [1.29, 1.82) is 0 Å². The molecule has 5 heteroatoms. The fraction of sp³-hybridized carbons (Fsp3) is 0.250. The number of rotatable bonds is 6. The Morgan fingerprint density at radius 3 is 2.76 bits per heavy atom. The maximum absolute atomic E-state index is 5.86. The lowest BCUT2D eigenvalue weighted by Crippen LogP contribution is -2.23. The van der Waals surface area contributed by atoms with Crippen LogP contribution in [0.4, 0.5) is 0 Å². The number of hydrogen-bond donors (Lipinski definition) is 1. The van der Waals surface area contributed by atoms with Gasteiger partial charge in [0.05, 0.1) is 0 Å². The van der Waals surface area contributed by atoms with Gasteiger partial charge in [0.25, 0.3) is 0 Å². The van der Waals surface area contributed by atoms with Gasteiger partial charge < -0.3 is 9.73 Å². The molecule has 2 heterocycles. The van der Waals surface area contributed by atoms with Gasteiger partial charge in [-0.1, -0.05) is 37.3 Å². The molecule has 4 nitrogen and oxygen atoms in total. The van der Waals surface area contributed by atoms with Crippen LogP contribution in [-0.4, -0.2) is 16.7 Å². The summed E-state index contributed by atoms with van der Waals surface area (Å²) < 4.78 is 5.86. The maximum atomic E-state index is 5.86. The fourth-order valence-corrected chi connectivity index (χ4v) is 2.77. The second-order valence-corrected chi connectivity index (χ2v) is 5.54. The molecule has 0 radical (unpaired) electrons. The highest BCUT2D eigenvalue weighted by Gasteiger charge is 2.20. The van der Waals surface area contributed by atoms with Crippen LogP contribution in [0.25, 0.3) is 11.5 Å². The lowest BCUT2D eigenvalue weighted by molar-refractivity contribution is 0.439. The molecule has 1 unspecified atom stereocenters. The fourth-order valence-electron chi connectivity index (χ4n) is 2.14. The molecule has 0 aliphatic rings. The normalized spacial score (nSPS) is 12.4. The zero-order valence-electron chi connectivity index (χ0n) is 11.8. The van der Waals surface area contributed by atoms with E-state index in [-0.39, 0.29) is 6.04 Å². The molecular weight excluding hydrogens is 282 g/mol. The van der Waals surface area contributed by atoms with Crippen LogP contribution in [0.2, 0.25) is 0 Å². The van der Waals surface area contributed by atoms with E-state index in [1.165, 1.54) is 0 Å². The topological polar surface area (TPSA) is 51.0 Å². The predicted octanol–water partition coefficient (Wildman–Crippen LogP) is 3.89. The van der Waals surface area contributed by atoms with Gasteiger partial charge >= 0.3 is 0 Å². The first-order chi connectivity index (χ1) is 10.4. The summed E-state index contributed by atoms with van der Waals surface area (Å²) in [4.78, 5) is 0. The molecule has 0 saturated heterocycles. The van der Waals surface area contributed by atoms with Crippen LogP contribution in [0.1, 0.15) is 30.8 Å². The van der Waals surface area contributed by atoms with Crippen molar-refractivity contribution in [1.82, 2.24) is 15.5 Å². The van der Waals surface area contributed by atoms with Crippen molar-refractivity contribution < 1.29 is 4.42 Å². The van der Waals surface area contributed by atoms with Crippen LogP contribution in [0.3, 0.4) is 0 Å². The third kappa shape index (κ3) is 3.20. The summed E-state index contributed by atoms with van der Waals surface area (Å²) in [7, 11) is 0. The third-order valence-electron chi connectivity index (χ3n) is 3.19. The van der Waals surface area contributed by atoms with E-state index in [0.717, 1.165) is 24.1 Å². The summed E-state index contributed by atoms with van der Waals surface area (Å²) in [6.07, 6.45) is 1.05. The Morgan fingerprint density at radius 1 is 1.19 bits per heavy atom. The van der Waals surface area contributed by atoms with E-state index in [4.69, 9.17) is 4.42 Å². The van der Waals surface area contributed by atoms with Gasteiger partial charge in [-0.2, -0.15) is 11.3 Å².